The molecule has 2 nitrogen and oxygen atoms in total. The van der Waals surface area contributed by atoms with Crippen LogP contribution in [0.5, 0.6) is 0 Å². The Hall–Kier alpha value is -0.0800. The lowest BCUT2D eigenvalue weighted by atomic mass is 10.0. The van der Waals surface area contributed by atoms with E-state index in [0.717, 1.165) is 6.54 Å². The second kappa shape index (κ2) is 4.06. The zero-order valence-corrected chi connectivity index (χ0v) is 10.6. The third-order valence-electron chi connectivity index (χ3n) is 4.18. The molecule has 1 N–H and O–H groups in total. The lowest BCUT2D eigenvalue weighted by molar-refractivity contribution is 0.114. The molecular weight excluding hydrogens is 184 g/mol. The number of rotatable bonds is 3. The highest BCUT2D eigenvalue weighted by Crippen LogP contribution is 2.47. The first-order valence-electron chi connectivity index (χ1n) is 6.54. The normalized spacial score (nSPS) is 29.0. The van der Waals surface area contributed by atoms with E-state index in [2.05, 4.69) is 31.0 Å². The van der Waals surface area contributed by atoms with Crippen molar-refractivity contribution in [3.63, 3.8) is 0 Å². The van der Waals surface area contributed by atoms with Crippen LogP contribution in [-0.4, -0.2) is 36.6 Å². The SMILES string of the molecule is CCCCN1CC2(CC2)CNCC1(C)C. The highest BCUT2D eigenvalue weighted by molar-refractivity contribution is 5.02. The van der Waals surface area contributed by atoms with Crippen molar-refractivity contribution in [2.75, 3.05) is 26.2 Å². The summed E-state index contributed by atoms with van der Waals surface area (Å²) in [6, 6.07) is 0. The van der Waals surface area contributed by atoms with Gasteiger partial charge in [0.2, 0.25) is 0 Å². The summed E-state index contributed by atoms with van der Waals surface area (Å²) in [4.78, 5) is 2.73. The summed E-state index contributed by atoms with van der Waals surface area (Å²) in [7, 11) is 0. The highest BCUT2D eigenvalue weighted by Gasteiger charge is 2.47. The maximum atomic E-state index is 3.66. The predicted molar refractivity (Wildman–Crippen MR) is 65.1 cm³/mol. The Morgan fingerprint density at radius 2 is 1.93 bits per heavy atom. The maximum Gasteiger partial charge on any atom is 0.0277 e. The third-order valence-corrected chi connectivity index (χ3v) is 4.18. The Bertz CT molecular complexity index is 219. The minimum Gasteiger partial charge on any atom is -0.314 e. The summed E-state index contributed by atoms with van der Waals surface area (Å²) < 4.78 is 0. The van der Waals surface area contributed by atoms with Crippen molar-refractivity contribution in [2.24, 2.45) is 5.41 Å². The van der Waals surface area contributed by atoms with Crippen molar-refractivity contribution < 1.29 is 0 Å². The van der Waals surface area contributed by atoms with E-state index >= 15 is 0 Å². The van der Waals surface area contributed by atoms with E-state index < -0.39 is 0 Å². The number of hydrogen-bond donors (Lipinski definition) is 1. The molecule has 1 saturated heterocycles. The first-order chi connectivity index (χ1) is 7.08. The van der Waals surface area contributed by atoms with E-state index in [4.69, 9.17) is 0 Å². The quantitative estimate of drug-likeness (QED) is 0.768. The second-order valence-corrected chi connectivity index (χ2v) is 6.19. The molecule has 2 aliphatic rings. The van der Waals surface area contributed by atoms with Crippen molar-refractivity contribution in [3.8, 4) is 0 Å². The molecule has 0 aromatic carbocycles. The van der Waals surface area contributed by atoms with Crippen LogP contribution < -0.4 is 5.32 Å². The van der Waals surface area contributed by atoms with Gasteiger partial charge in [0.15, 0.2) is 0 Å². The van der Waals surface area contributed by atoms with E-state index in [9.17, 15) is 0 Å². The summed E-state index contributed by atoms with van der Waals surface area (Å²) in [6.07, 6.45) is 5.55. The van der Waals surface area contributed by atoms with E-state index in [1.807, 2.05) is 0 Å². The van der Waals surface area contributed by atoms with Crippen LogP contribution in [0.25, 0.3) is 0 Å². The molecule has 1 heterocycles. The van der Waals surface area contributed by atoms with Crippen LogP contribution in [0.1, 0.15) is 46.5 Å². The summed E-state index contributed by atoms with van der Waals surface area (Å²) in [5, 5.41) is 3.66. The molecule has 0 atom stereocenters. The van der Waals surface area contributed by atoms with Gasteiger partial charge >= 0.3 is 0 Å². The standard InChI is InChI=1S/C13H26N2/c1-4-5-8-15-11-13(6-7-13)10-14-9-12(15,2)3/h14H,4-11H2,1-3H3. The van der Waals surface area contributed by atoms with Crippen molar-refractivity contribution in [1.29, 1.82) is 0 Å². The van der Waals surface area contributed by atoms with Gasteiger partial charge in [-0.2, -0.15) is 0 Å². The zero-order valence-electron chi connectivity index (χ0n) is 10.6. The smallest absolute Gasteiger partial charge is 0.0277 e. The average molecular weight is 210 g/mol. The van der Waals surface area contributed by atoms with E-state index in [0.29, 0.717) is 11.0 Å². The number of nitrogens with one attached hydrogen (secondary N) is 1. The van der Waals surface area contributed by atoms with Crippen LogP contribution in [0.15, 0.2) is 0 Å². The van der Waals surface area contributed by atoms with Gasteiger partial charge in [0.1, 0.15) is 0 Å². The lowest BCUT2D eigenvalue weighted by Crippen LogP contribution is -2.49. The van der Waals surface area contributed by atoms with Crippen molar-refractivity contribution in [3.05, 3.63) is 0 Å². The van der Waals surface area contributed by atoms with Crippen molar-refractivity contribution in [2.45, 2.75) is 52.0 Å². The van der Waals surface area contributed by atoms with Crippen LogP contribution in [0.4, 0.5) is 0 Å². The number of nitrogens with zero attached hydrogens (tertiary/aromatic N) is 1. The molecule has 2 fully saturated rings. The maximum absolute atomic E-state index is 3.66. The molecule has 1 saturated carbocycles. The molecule has 1 aliphatic heterocycles. The van der Waals surface area contributed by atoms with Crippen LogP contribution in [0.3, 0.4) is 0 Å². The van der Waals surface area contributed by atoms with Gasteiger partial charge in [-0.05, 0) is 45.1 Å². The molecule has 0 unspecified atom stereocenters. The molecule has 0 aromatic rings. The van der Waals surface area contributed by atoms with Gasteiger partial charge in [0, 0.05) is 25.2 Å². The Labute approximate surface area is 94.4 Å². The van der Waals surface area contributed by atoms with Crippen molar-refractivity contribution in [1.82, 2.24) is 10.2 Å². The van der Waals surface area contributed by atoms with Gasteiger partial charge < -0.3 is 5.32 Å². The minimum absolute atomic E-state index is 0.348. The molecule has 15 heavy (non-hydrogen) atoms. The lowest BCUT2D eigenvalue weighted by Gasteiger charge is -2.38. The topological polar surface area (TPSA) is 15.3 Å². The van der Waals surface area contributed by atoms with Gasteiger partial charge in [0.25, 0.3) is 0 Å². The molecule has 2 rings (SSSR count). The Morgan fingerprint density at radius 1 is 1.20 bits per heavy atom. The third kappa shape index (κ3) is 2.54. The summed E-state index contributed by atoms with van der Waals surface area (Å²) >= 11 is 0. The first kappa shape index (κ1) is 11.4. The zero-order chi connectivity index (χ0) is 10.9. The molecule has 0 radical (unpaired) electrons. The number of hydrogen-bond acceptors (Lipinski definition) is 2. The molecule has 88 valence electrons. The van der Waals surface area contributed by atoms with Gasteiger partial charge in [-0.3, -0.25) is 4.90 Å². The van der Waals surface area contributed by atoms with E-state index in [1.54, 1.807) is 0 Å². The van der Waals surface area contributed by atoms with Gasteiger partial charge in [0.05, 0.1) is 0 Å². The Morgan fingerprint density at radius 3 is 2.53 bits per heavy atom. The van der Waals surface area contributed by atoms with Crippen LogP contribution in [-0.2, 0) is 0 Å². The summed E-state index contributed by atoms with van der Waals surface area (Å²) in [6.45, 7) is 12.1. The summed E-state index contributed by atoms with van der Waals surface area (Å²) in [5.41, 5.74) is 1.00. The van der Waals surface area contributed by atoms with Crippen LogP contribution in [0.2, 0.25) is 0 Å². The fourth-order valence-electron chi connectivity index (χ4n) is 2.66. The minimum atomic E-state index is 0.348. The fourth-order valence-corrected chi connectivity index (χ4v) is 2.66. The molecular formula is C13H26N2. The molecule has 1 aliphatic carbocycles. The number of unbranched alkanes of at least 4 members (excludes halogenated alkanes) is 1. The highest BCUT2D eigenvalue weighted by atomic mass is 15.2. The Balaban J connectivity index is 2.00. The molecule has 0 aromatic heterocycles. The molecule has 2 heteroatoms. The summed E-state index contributed by atoms with van der Waals surface area (Å²) in [5.74, 6) is 0. The predicted octanol–water partition coefficient (Wildman–Crippen LogP) is 2.25. The largest absolute Gasteiger partial charge is 0.314 e. The van der Waals surface area contributed by atoms with E-state index in [-0.39, 0.29) is 0 Å². The van der Waals surface area contributed by atoms with Crippen LogP contribution >= 0.6 is 0 Å². The van der Waals surface area contributed by atoms with Gasteiger partial charge in [-0.25, -0.2) is 0 Å². The second-order valence-electron chi connectivity index (χ2n) is 6.19. The van der Waals surface area contributed by atoms with Crippen molar-refractivity contribution >= 4 is 0 Å². The molecule has 0 bridgehead atoms. The first-order valence-corrected chi connectivity index (χ1v) is 6.54. The van der Waals surface area contributed by atoms with Gasteiger partial charge in [-0.1, -0.05) is 13.3 Å². The van der Waals surface area contributed by atoms with Gasteiger partial charge in [-0.15, -0.1) is 0 Å². The monoisotopic (exact) mass is 210 g/mol. The molecule has 0 amide bonds. The fraction of sp³-hybridized carbons (Fsp3) is 1.00. The molecule has 1 spiro atoms. The Kier molecular flexibility index (Phi) is 3.09. The van der Waals surface area contributed by atoms with Crippen LogP contribution in [0, 0.1) is 5.41 Å². The average Bonchev–Trinajstić information content (AvgIpc) is 2.93. The van der Waals surface area contributed by atoms with E-state index in [1.165, 1.54) is 45.3 Å².